The minimum Gasteiger partial charge on any atom is -0.368 e. The van der Waals surface area contributed by atoms with E-state index in [-0.39, 0.29) is 70.0 Å². The van der Waals surface area contributed by atoms with Crippen LogP contribution in [0.3, 0.4) is 0 Å². The second-order valence-corrected chi connectivity index (χ2v) is 13.2. The van der Waals surface area contributed by atoms with Crippen molar-refractivity contribution in [2.75, 3.05) is 19.6 Å². The Labute approximate surface area is 311 Å². The van der Waals surface area contributed by atoms with Gasteiger partial charge in [-0.1, -0.05) is 86.7 Å². The molecule has 0 fully saturated rings. The van der Waals surface area contributed by atoms with Crippen LogP contribution in [0.1, 0.15) is 63.5 Å². The fourth-order valence-electron chi connectivity index (χ4n) is 5.44. The van der Waals surface area contributed by atoms with Gasteiger partial charge in [0.25, 0.3) is 0 Å². The van der Waals surface area contributed by atoms with Gasteiger partial charge in [0, 0.05) is 12.8 Å². The average Bonchev–Trinajstić information content (AvgIpc) is 3.12. The molecule has 2 aromatic rings. The number of benzene rings is 2. The van der Waals surface area contributed by atoms with E-state index in [9.17, 15) is 28.8 Å². The van der Waals surface area contributed by atoms with Crippen LogP contribution in [0.15, 0.2) is 66.7 Å². The molecule has 13 N–H and O–H groups in total. The molecule has 15 heteroatoms. The molecular weight excluding hydrogens is 678 g/mol. The molecule has 0 heterocycles. The number of carbonyl (C=O) groups is 6. The van der Waals surface area contributed by atoms with E-state index in [1.165, 1.54) is 0 Å². The van der Waals surface area contributed by atoms with Gasteiger partial charge in [0.1, 0.15) is 30.2 Å². The van der Waals surface area contributed by atoms with Crippen LogP contribution < -0.4 is 49.5 Å². The van der Waals surface area contributed by atoms with Crippen molar-refractivity contribution >= 4 is 41.5 Å². The van der Waals surface area contributed by atoms with Gasteiger partial charge in [-0.2, -0.15) is 0 Å². The van der Waals surface area contributed by atoms with Gasteiger partial charge in [0.2, 0.25) is 35.4 Å². The van der Waals surface area contributed by atoms with E-state index in [2.05, 4.69) is 26.6 Å². The molecule has 15 nitrogen and oxygen atoms in total. The third kappa shape index (κ3) is 16.8. The SMILES string of the molecule is CC(C)C[C@H](NC(=O)[C@H](CCN)NC(=O)[C@@H](CCN)NC(=O)CC/C=C/c1ccccc1)C(=O)N[C@H](Cc1ccccc1)C(=O)N[C@@H](CCN)C(N)=O. The van der Waals surface area contributed by atoms with E-state index in [1.54, 1.807) is 24.3 Å². The van der Waals surface area contributed by atoms with E-state index in [0.717, 1.165) is 11.1 Å². The summed E-state index contributed by atoms with van der Waals surface area (Å²) in [5, 5.41) is 13.4. The maximum Gasteiger partial charge on any atom is 0.243 e. The van der Waals surface area contributed by atoms with E-state index >= 15 is 0 Å². The lowest BCUT2D eigenvalue weighted by molar-refractivity contribution is -0.135. The van der Waals surface area contributed by atoms with Gasteiger partial charge < -0.3 is 49.5 Å². The van der Waals surface area contributed by atoms with E-state index < -0.39 is 59.7 Å². The van der Waals surface area contributed by atoms with Gasteiger partial charge in [-0.25, -0.2) is 0 Å². The Morgan fingerprint density at radius 2 is 1.06 bits per heavy atom. The highest BCUT2D eigenvalue weighted by atomic mass is 16.2. The standard InChI is InChI=1S/C38H57N9O6/c1-25(2)23-31(37(52)47-32(24-27-14-7-4-8-15-27)38(53)44-28(17-20-39)34(42)49)46-36(51)30(19-22-41)45-35(50)29(18-21-40)43-33(48)16-10-9-13-26-11-5-3-6-12-26/h3-9,11-15,25,28-32H,10,16-24,39-41H2,1-2H3,(H2,42,49)(H,43,48)(H,44,53)(H,45,50)(H,46,51)(H,47,52)/b13-9+/t28-,29+,30-,31-,32+/m0/s1. The van der Waals surface area contributed by atoms with Crippen LogP contribution in [0.4, 0.5) is 0 Å². The van der Waals surface area contributed by atoms with Crippen molar-refractivity contribution in [2.45, 2.75) is 89.0 Å². The molecule has 0 saturated carbocycles. The summed E-state index contributed by atoms with van der Waals surface area (Å²) in [6, 6.07) is 13.2. The Morgan fingerprint density at radius 1 is 0.604 bits per heavy atom. The van der Waals surface area contributed by atoms with E-state index in [1.807, 2.05) is 62.4 Å². The van der Waals surface area contributed by atoms with Gasteiger partial charge in [-0.3, -0.25) is 28.8 Å². The molecule has 0 radical (unpaired) electrons. The van der Waals surface area contributed by atoms with Crippen LogP contribution in [0.2, 0.25) is 0 Å². The van der Waals surface area contributed by atoms with Crippen molar-refractivity contribution in [1.29, 1.82) is 0 Å². The van der Waals surface area contributed by atoms with E-state index in [0.29, 0.717) is 6.42 Å². The number of rotatable bonds is 24. The predicted molar refractivity (Wildman–Crippen MR) is 204 cm³/mol. The lowest BCUT2D eigenvalue weighted by Crippen LogP contribution is -2.60. The minimum atomic E-state index is -1.14. The summed E-state index contributed by atoms with van der Waals surface area (Å²) in [5.41, 5.74) is 24.3. The zero-order valence-electron chi connectivity index (χ0n) is 30.7. The zero-order chi connectivity index (χ0) is 39.2. The first-order valence-corrected chi connectivity index (χ1v) is 18.0. The number of nitrogens with two attached hydrogens (primary N) is 4. The molecular formula is C38H57N9O6. The van der Waals surface area contributed by atoms with Gasteiger partial charge in [-0.15, -0.1) is 0 Å². The third-order valence-corrected chi connectivity index (χ3v) is 8.21. The van der Waals surface area contributed by atoms with Crippen molar-refractivity contribution in [3.63, 3.8) is 0 Å². The molecule has 0 spiro atoms. The number of nitrogens with one attached hydrogen (secondary N) is 5. The lowest BCUT2D eigenvalue weighted by Gasteiger charge is -2.27. The largest absolute Gasteiger partial charge is 0.368 e. The molecule has 0 aliphatic rings. The Balaban J connectivity index is 2.16. The maximum atomic E-state index is 13.8. The molecule has 0 aliphatic heterocycles. The highest BCUT2D eigenvalue weighted by molar-refractivity contribution is 5.96. The van der Waals surface area contributed by atoms with Crippen LogP contribution in [-0.2, 0) is 35.2 Å². The molecule has 0 unspecified atom stereocenters. The summed E-state index contributed by atoms with van der Waals surface area (Å²) >= 11 is 0. The minimum absolute atomic E-state index is 0.0320. The average molecular weight is 736 g/mol. The third-order valence-electron chi connectivity index (χ3n) is 8.21. The summed E-state index contributed by atoms with van der Waals surface area (Å²) in [4.78, 5) is 78.9. The number of hydrogen-bond acceptors (Lipinski definition) is 9. The highest BCUT2D eigenvalue weighted by Crippen LogP contribution is 2.10. The second-order valence-electron chi connectivity index (χ2n) is 13.2. The van der Waals surface area contributed by atoms with Gasteiger partial charge >= 0.3 is 0 Å². The lowest BCUT2D eigenvalue weighted by atomic mass is 10.00. The molecule has 6 amide bonds. The molecule has 5 atom stereocenters. The fourth-order valence-corrected chi connectivity index (χ4v) is 5.44. The summed E-state index contributed by atoms with van der Waals surface area (Å²) in [5.74, 6) is -3.78. The monoisotopic (exact) mass is 735 g/mol. The zero-order valence-corrected chi connectivity index (χ0v) is 30.7. The topological polar surface area (TPSA) is 267 Å². The molecule has 2 rings (SSSR count). The van der Waals surface area contributed by atoms with Gasteiger partial charge in [0.15, 0.2) is 0 Å². The Hall–Kier alpha value is -5.12. The van der Waals surface area contributed by atoms with Crippen LogP contribution in [0.25, 0.3) is 6.08 Å². The quantitative estimate of drug-likeness (QED) is 0.0686. The highest BCUT2D eigenvalue weighted by Gasteiger charge is 2.32. The number of carbonyl (C=O) groups excluding carboxylic acids is 6. The summed E-state index contributed by atoms with van der Waals surface area (Å²) in [6.45, 7) is 3.95. The molecule has 0 aromatic heterocycles. The first kappa shape index (κ1) is 44.0. The van der Waals surface area contributed by atoms with Crippen molar-refractivity contribution in [2.24, 2.45) is 28.9 Å². The smallest absolute Gasteiger partial charge is 0.243 e. The second kappa shape index (κ2) is 24.2. The summed E-state index contributed by atoms with van der Waals surface area (Å²) in [6.07, 6.45) is 4.90. The summed E-state index contributed by atoms with van der Waals surface area (Å²) < 4.78 is 0. The van der Waals surface area contributed by atoms with Crippen molar-refractivity contribution in [3.8, 4) is 0 Å². The number of primary amides is 1. The number of amides is 6. The molecule has 0 aliphatic carbocycles. The van der Waals surface area contributed by atoms with Gasteiger partial charge in [0.05, 0.1) is 0 Å². The fraction of sp³-hybridized carbons (Fsp3) is 0.474. The van der Waals surface area contributed by atoms with E-state index in [4.69, 9.17) is 22.9 Å². The summed E-state index contributed by atoms with van der Waals surface area (Å²) in [7, 11) is 0. The first-order chi connectivity index (χ1) is 25.4. The van der Waals surface area contributed by atoms with Crippen LogP contribution in [-0.4, -0.2) is 85.3 Å². The molecule has 2 aromatic carbocycles. The predicted octanol–water partition coefficient (Wildman–Crippen LogP) is -0.275. The Morgan fingerprint density at radius 3 is 1.60 bits per heavy atom. The number of hydrogen-bond donors (Lipinski definition) is 9. The first-order valence-electron chi connectivity index (χ1n) is 18.0. The molecule has 290 valence electrons. The Kier molecular flexibility index (Phi) is 20.1. The van der Waals surface area contributed by atoms with Crippen molar-refractivity contribution in [1.82, 2.24) is 26.6 Å². The van der Waals surface area contributed by atoms with Crippen LogP contribution >= 0.6 is 0 Å². The Bertz CT molecular complexity index is 1490. The maximum absolute atomic E-state index is 13.8. The van der Waals surface area contributed by atoms with Crippen LogP contribution in [0, 0.1) is 5.92 Å². The van der Waals surface area contributed by atoms with Crippen LogP contribution in [0.5, 0.6) is 0 Å². The van der Waals surface area contributed by atoms with Crippen molar-refractivity contribution in [3.05, 3.63) is 77.9 Å². The molecule has 0 saturated heterocycles. The molecule has 0 bridgehead atoms. The molecule has 53 heavy (non-hydrogen) atoms. The van der Waals surface area contributed by atoms with Crippen molar-refractivity contribution < 1.29 is 28.8 Å². The normalized spacial score (nSPS) is 14.0. The number of allylic oxidation sites excluding steroid dienone is 1. The van der Waals surface area contributed by atoms with Gasteiger partial charge in [-0.05, 0) is 68.8 Å².